The van der Waals surface area contributed by atoms with E-state index in [9.17, 15) is 4.79 Å². The van der Waals surface area contributed by atoms with Crippen LogP contribution in [-0.4, -0.2) is 18.2 Å². The van der Waals surface area contributed by atoms with Crippen molar-refractivity contribution in [3.63, 3.8) is 0 Å². The van der Waals surface area contributed by atoms with E-state index in [4.69, 9.17) is 15.9 Å². The lowest BCUT2D eigenvalue weighted by Crippen LogP contribution is -2.37. The predicted molar refractivity (Wildman–Crippen MR) is 106 cm³/mol. The van der Waals surface area contributed by atoms with Crippen molar-refractivity contribution in [3.8, 4) is 23.0 Å². The van der Waals surface area contributed by atoms with Crippen molar-refractivity contribution in [2.45, 2.75) is 51.6 Å². The molecule has 1 aromatic carbocycles. The molecule has 3 nitrogen and oxygen atoms in total. The second-order valence-corrected chi connectivity index (χ2v) is 8.64. The number of aryl methyl sites for hydroxylation is 2. The Kier molecular flexibility index (Phi) is 5.68. The number of carbonyl (C=O) groups excluding carboxylic acids is 1. The normalized spacial score (nSPS) is 15.9. The summed E-state index contributed by atoms with van der Waals surface area (Å²) in [5.74, 6) is 3.05. The van der Waals surface area contributed by atoms with Crippen LogP contribution >= 0.6 is 10.5 Å². The predicted octanol–water partition coefficient (Wildman–Crippen LogP) is 5.30. The van der Waals surface area contributed by atoms with Gasteiger partial charge < -0.3 is 9.47 Å². The van der Waals surface area contributed by atoms with E-state index in [1.54, 1.807) is 0 Å². The van der Waals surface area contributed by atoms with Gasteiger partial charge in [0.15, 0.2) is 17.1 Å². The molecule has 0 atom stereocenters. The van der Waals surface area contributed by atoms with Crippen molar-refractivity contribution < 1.29 is 14.3 Å². The number of terminal acetylenes is 1. The summed E-state index contributed by atoms with van der Waals surface area (Å²) in [7, 11) is 0.0254. The first kappa shape index (κ1) is 18.5. The molecule has 1 aromatic heterocycles. The average Bonchev–Trinajstić information content (AvgIpc) is 3.16. The molecule has 1 fully saturated rings. The molecule has 136 valence electrons. The van der Waals surface area contributed by atoms with Gasteiger partial charge in [0.05, 0.1) is 0 Å². The summed E-state index contributed by atoms with van der Waals surface area (Å²) in [6.45, 7) is 3.90. The van der Waals surface area contributed by atoms with Crippen LogP contribution in [0, 0.1) is 26.2 Å². The van der Waals surface area contributed by atoms with Crippen molar-refractivity contribution in [1.29, 1.82) is 0 Å². The van der Waals surface area contributed by atoms with Crippen molar-refractivity contribution in [2.75, 3.05) is 6.61 Å². The lowest BCUT2D eigenvalue weighted by Gasteiger charge is -2.31. The monoisotopic (exact) mass is 369 g/mol. The Bertz CT molecular complexity index is 785. The molecule has 0 bridgehead atoms. The van der Waals surface area contributed by atoms with E-state index in [0.717, 1.165) is 49.0 Å². The quantitative estimate of drug-likeness (QED) is 0.407. The highest BCUT2D eigenvalue weighted by Gasteiger charge is 2.34. The van der Waals surface area contributed by atoms with Crippen LogP contribution in [0.25, 0.3) is 4.90 Å². The number of thiophene rings is 1. The Hall–Kier alpha value is -2.25. The maximum Gasteiger partial charge on any atom is 0.345 e. The molecule has 1 aliphatic carbocycles. The minimum atomic E-state index is -0.741. The van der Waals surface area contributed by atoms with Crippen LogP contribution in [0.5, 0.6) is 5.75 Å². The number of benzene rings is 1. The van der Waals surface area contributed by atoms with Crippen LogP contribution in [0.4, 0.5) is 0 Å². The molecule has 1 heterocycles. The fourth-order valence-electron chi connectivity index (χ4n) is 3.51. The Labute approximate surface area is 158 Å². The van der Waals surface area contributed by atoms with Gasteiger partial charge in [-0.1, -0.05) is 12.3 Å². The van der Waals surface area contributed by atoms with Crippen molar-refractivity contribution in [1.82, 2.24) is 0 Å². The number of carbonyl (C=O) groups is 1. The van der Waals surface area contributed by atoms with Gasteiger partial charge in [0, 0.05) is 22.6 Å². The van der Waals surface area contributed by atoms with Crippen LogP contribution in [0.15, 0.2) is 35.0 Å². The molecule has 1 saturated carbocycles. The Morgan fingerprint density at radius 2 is 1.77 bits per heavy atom. The van der Waals surface area contributed by atoms with Crippen LogP contribution in [0.2, 0.25) is 0 Å². The molecule has 0 spiro atoms. The summed E-state index contributed by atoms with van der Waals surface area (Å²) >= 11 is 0. The first-order chi connectivity index (χ1) is 12.5. The first-order valence-corrected chi connectivity index (χ1v) is 10.4. The Morgan fingerprint density at radius 3 is 2.35 bits per heavy atom. The third kappa shape index (κ3) is 4.11. The van der Waals surface area contributed by atoms with Gasteiger partial charge in [-0.15, -0.1) is 6.42 Å². The van der Waals surface area contributed by atoms with E-state index >= 15 is 0 Å². The van der Waals surface area contributed by atoms with Crippen LogP contribution in [0.3, 0.4) is 0 Å². The molecule has 0 unspecified atom stereocenters. The highest BCUT2D eigenvalue weighted by molar-refractivity contribution is 7.36. The molecule has 4 heteroatoms. The number of ether oxygens (including phenoxy) is 2. The van der Waals surface area contributed by atoms with E-state index in [2.05, 4.69) is 40.9 Å². The number of rotatable bonds is 5. The molecule has 0 radical (unpaired) electrons. The molecule has 26 heavy (non-hydrogen) atoms. The van der Waals surface area contributed by atoms with Gasteiger partial charge in [-0.2, -0.15) is 0 Å². The minimum absolute atomic E-state index is 0.0254. The molecular formula is C22H25O3S+. The van der Waals surface area contributed by atoms with E-state index in [-0.39, 0.29) is 17.1 Å². The average molecular weight is 370 g/mol. The van der Waals surface area contributed by atoms with E-state index in [1.165, 1.54) is 4.90 Å². The van der Waals surface area contributed by atoms with Crippen LogP contribution < -0.4 is 4.74 Å². The molecule has 2 aromatic rings. The zero-order valence-corrected chi connectivity index (χ0v) is 16.2. The summed E-state index contributed by atoms with van der Waals surface area (Å²) in [5, 5.41) is 4.38. The van der Waals surface area contributed by atoms with Gasteiger partial charge in [-0.25, -0.2) is 4.79 Å². The topological polar surface area (TPSA) is 35.5 Å². The fourth-order valence-corrected chi connectivity index (χ4v) is 5.06. The Balaban J connectivity index is 1.66. The van der Waals surface area contributed by atoms with Gasteiger partial charge >= 0.3 is 5.97 Å². The largest absolute Gasteiger partial charge is 0.481 e. The van der Waals surface area contributed by atoms with E-state index in [0.29, 0.717) is 0 Å². The summed E-state index contributed by atoms with van der Waals surface area (Å²) in [6, 6.07) is 8.39. The highest BCUT2D eigenvalue weighted by Crippen LogP contribution is 2.36. The molecular weight excluding hydrogens is 344 g/mol. The van der Waals surface area contributed by atoms with Gasteiger partial charge in [-0.3, -0.25) is 0 Å². The lowest BCUT2D eigenvalue weighted by molar-refractivity contribution is -0.159. The number of hydrogen-bond acceptors (Lipinski definition) is 3. The third-order valence-corrected chi connectivity index (χ3v) is 6.52. The SMILES string of the molecule is C#CC1(OC(=O)COc2c(C)cc(-[s+]3cccc3)cc2C)CCCCC1. The molecule has 0 amide bonds. The van der Waals surface area contributed by atoms with Crippen LogP contribution in [-0.2, 0) is 9.53 Å². The Morgan fingerprint density at radius 1 is 1.15 bits per heavy atom. The number of esters is 1. The molecule has 1 aliphatic rings. The van der Waals surface area contributed by atoms with Crippen molar-refractivity contribution in [2.24, 2.45) is 0 Å². The van der Waals surface area contributed by atoms with Crippen LogP contribution in [0.1, 0.15) is 43.2 Å². The summed E-state index contributed by atoms with van der Waals surface area (Å²) < 4.78 is 11.4. The second kappa shape index (κ2) is 7.97. The lowest BCUT2D eigenvalue weighted by atomic mass is 9.85. The van der Waals surface area contributed by atoms with Crippen molar-refractivity contribution in [3.05, 3.63) is 46.2 Å². The van der Waals surface area contributed by atoms with Gasteiger partial charge in [0.2, 0.25) is 0 Å². The summed E-state index contributed by atoms with van der Waals surface area (Å²) in [5.41, 5.74) is 1.31. The van der Waals surface area contributed by atoms with E-state index < -0.39 is 11.6 Å². The highest BCUT2D eigenvalue weighted by atomic mass is 32.2. The fraction of sp³-hybridized carbons (Fsp3) is 0.409. The molecule has 0 aliphatic heterocycles. The van der Waals surface area contributed by atoms with Gasteiger partial charge in [0.1, 0.15) is 16.5 Å². The minimum Gasteiger partial charge on any atom is -0.481 e. The van der Waals surface area contributed by atoms with Crippen molar-refractivity contribution >= 4 is 16.4 Å². The second-order valence-electron chi connectivity index (χ2n) is 6.88. The first-order valence-electron chi connectivity index (χ1n) is 9.03. The van der Waals surface area contributed by atoms with Gasteiger partial charge in [0.25, 0.3) is 0 Å². The summed E-state index contributed by atoms with van der Waals surface area (Å²) in [6.07, 6.45) is 10.3. The number of hydrogen-bond donors (Lipinski definition) is 0. The standard InChI is InChI=1S/C22H25O3S/c1-4-22(10-6-5-7-11-22)25-20(23)16-24-21-17(2)14-19(15-18(21)3)26-12-8-9-13-26/h1,8-9,12-15H,5-7,10-11,16H2,2-3H3/q+1. The van der Waals surface area contributed by atoms with Gasteiger partial charge in [-0.05, 0) is 62.8 Å². The zero-order chi connectivity index (χ0) is 18.6. The smallest absolute Gasteiger partial charge is 0.345 e. The molecule has 0 saturated heterocycles. The van der Waals surface area contributed by atoms with E-state index in [1.807, 2.05) is 13.8 Å². The molecule has 0 N–H and O–H groups in total. The summed E-state index contributed by atoms with van der Waals surface area (Å²) in [4.78, 5) is 13.5. The third-order valence-electron chi connectivity index (χ3n) is 4.84. The molecule has 3 rings (SSSR count). The zero-order valence-electron chi connectivity index (χ0n) is 15.4. The maximum atomic E-state index is 12.3. The maximum absolute atomic E-state index is 12.3.